The van der Waals surface area contributed by atoms with Crippen LogP contribution in [0.3, 0.4) is 0 Å². The number of rotatable bonds is 4. The van der Waals surface area contributed by atoms with Crippen molar-refractivity contribution in [3.05, 3.63) is 18.1 Å². The highest BCUT2D eigenvalue weighted by atomic mass is 16.5. The van der Waals surface area contributed by atoms with Gasteiger partial charge in [-0.1, -0.05) is 0 Å². The topological polar surface area (TPSA) is 92.6 Å². The molecule has 0 amide bonds. The number of aliphatic carboxylic acids is 1. The average Bonchev–Trinajstić information content (AvgIpc) is 2.46. The molecule has 1 saturated heterocycles. The van der Waals surface area contributed by atoms with Crippen LogP contribution in [0.15, 0.2) is 12.4 Å². The Bertz CT molecular complexity index is 506. The number of anilines is 1. The van der Waals surface area contributed by atoms with E-state index in [0.717, 1.165) is 25.8 Å². The minimum Gasteiger partial charge on any atom is -0.481 e. The fourth-order valence-corrected chi connectivity index (χ4v) is 2.41. The molecule has 0 bridgehead atoms. The van der Waals surface area contributed by atoms with E-state index in [2.05, 4.69) is 14.7 Å². The summed E-state index contributed by atoms with van der Waals surface area (Å²) in [7, 11) is 1.28. The molecule has 7 heteroatoms. The first-order valence-corrected chi connectivity index (χ1v) is 6.50. The van der Waals surface area contributed by atoms with Gasteiger partial charge in [-0.2, -0.15) is 0 Å². The molecule has 1 atom stereocenters. The van der Waals surface area contributed by atoms with Crippen molar-refractivity contribution in [1.82, 2.24) is 9.97 Å². The number of carboxylic acids is 1. The van der Waals surface area contributed by atoms with Crippen molar-refractivity contribution in [3.8, 4) is 0 Å². The Morgan fingerprint density at radius 2 is 2.25 bits per heavy atom. The Labute approximate surface area is 116 Å². The third-order valence-electron chi connectivity index (χ3n) is 3.35. The molecule has 0 aromatic carbocycles. The number of aromatic nitrogens is 2. The molecule has 1 aliphatic heterocycles. The number of carbonyl (C=O) groups excluding carboxylic acids is 1. The molecule has 7 nitrogen and oxygen atoms in total. The molecule has 0 aliphatic carbocycles. The Hall–Kier alpha value is -2.18. The first-order valence-electron chi connectivity index (χ1n) is 6.50. The number of hydrogen-bond acceptors (Lipinski definition) is 6. The predicted molar refractivity (Wildman–Crippen MR) is 70.6 cm³/mol. The fraction of sp³-hybridized carbons (Fsp3) is 0.538. The maximum atomic E-state index is 11.5. The van der Waals surface area contributed by atoms with Crippen LogP contribution in [0.1, 0.15) is 36.2 Å². The molecule has 20 heavy (non-hydrogen) atoms. The van der Waals surface area contributed by atoms with Crippen LogP contribution in [0.5, 0.6) is 0 Å². The van der Waals surface area contributed by atoms with E-state index in [9.17, 15) is 9.59 Å². The van der Waals surface area contributed by atoms with E-state index in [4.69, 9.17) is 5.11 Å². The van der Waals surface area contributed by atoms with E-state index in [1.54, 1.807) is 6.20 Å². The van der Waals surface area contributed by atoms with Crippen molar-refractivity contribution in [2.75, 3.05) is 18.6 Å². The lowest BCUT2D eigenvalue weighted by Crippen LogP contribution is -2.41. The maximum absolute atomic E-state index is 11.5. The van der Waals surface area contributed by atoms with Gasteiger partial charge in [0.05, 0.1) is 25.9 Å². The van der Waals surface area contributed by atoms with Crippen molar-refractivity contribution in [3.63, 3.8) is 0 Å². The minimum absolute atomic E-state index is 0.0597. The summed E-state index contributed by atoms with van der Waals surface area (Å²) in [5, 5.41) is 8.97. The van der Waals surface area contributed by atoms with E-state index >= 15 is 0 Å². The Morgan fingerprint density at radius 1 is 1.45 bits per heavy atom. The molecular weight excluding hydrogens is 262 g/mol. The molecule has 2 heterocycles. The largest absolute Gasteiger partial charge is 0.481 e. The number of nitrogens with zero attached hydrogens (tertiary/aromatic N) is 3. The summed E-state index contributed by atoms with van der Waals surface area (Å²) in [6.07, 6.45) is 5.72. The van der Waals surface area contributed by atoms with Crippen molar-refractivity contribution < 1.29 is 19.4 Å². The van der Waals surface area contributed by atoms with Crippen LogP contribution in [0.2, 0.25) is 0 Å². The van der Waals surface area contributed by atoms with Crippen LogP contribution in [-0.2, 0) is 9.53 Å². The molecular formula is C13H17N3O4. The van der Waals surface area contributed by atoms with Gasteiger partial charge in [0.15, 0.2) is 5.69 Å². The van der Waals surface area contributed by atoms with Gasteiger partial charge in [0.25, 0.3) is 0 Å². The third-order valence-corrected chi connectivity index (χ3v) is 3.35. The summed E-state index contributed by atoms with van der Waals surface area (Å²) in [4.78, 5) is 32.5. The van der Waals surface area contributed by atoms with Crippen LogP contribution >= 0.6 is 0 Å². The van der Waals surface area contributed by atoms with Gasteiger partial charge in [0.2, 0.25) is 0 Å². The maximum Gasteiger partial charge on any atom is 0.358 e. The van der Waals surface area contributed by atoms with E-state index in [0.29, 0.717) is 5.82 Å². The number of piperidine rings is 1. The quantitative estimate of drug-likeness (QED) is 0.825. The highest BCUT2D eigenvalue weighted by Crippen LogP contribution is 2.24. The molecule has 0 saturated carbocycles. The number of hydrogen-bond donors (Lipinski definition) is 1. The standard InChI is InChI=1S/C13H17N3O4/c1-20-13(19)10-7-14-8-11(15-10)16-5-3-2-4-9(16)6-12(17)18/h7-9H,2-6H2,1H3,(H,17,18). The summed E-state index contributed by atoms with van der Waals surface area (Å²) < 4.78 is 4.62. The van der Waals surface area contributed by atoms with Crippen LogP contribution in [-0.4, -0.2) is 46.7 Å². The lowest BCUT2D eigenvalue weighted by Gasteiger charge is -2.35. The van der Waals surface area contributed by atoms with Crippen molar-refractivity contribution >= 4 is 17.8 Å². The molecule has 0 spiro atoms. The zero-order valence-corrected chi connectivity index (χ0v) is 11.3. The van der Waals surface area contributed by atoms with Gasteiger partial charge in [-0.15, -0.1) is 0 Å². The highest BCUT2D eigenvalue weighted by molar-refractivity contribution is 5.87. The molecule has 2 rings (SSSR count). The summed E-state index contributed by atoms with van der Waals surface area (Å²) in [5.74, 6) is -0.857. The normalized spacial score (nSPS) is 18.6. The number of carboxylic acid groups (broad SMARTS) is 1. The Morgan fingerprint density at radius 3 is 2.95 bits per heavy atom. The minimum atomic E-state index is -0.834. The summed E-state index contributed by atoms with van der Waals surface area (Å²) >= 11 is 0. The molecule has 1 fully saturated rings. The summed E-state index contributed by atoms with van der Waals surface area (Å²) in [6.45, 7) is 0.719. The molecule has 1 N–H and O–H groups in total. The summed E-state index contributed by atoms with van der Waals surface area (Å²) in [5.41, 5.74) is 0.129. The predicted octanol–water partition coefficient (Wildman–Crippen LogP) is 1.10. The van der Waals surface area contributed by atoms with Gasteiger partial charge in [-0.25, -0.2) is 9.78 Å². The smallest absolute Gasteiger partial charge is 0.358 e. The van der Waals surface area contributed by atoms with Gasteiger partial charge in [0, 0.05) is 12.6 Å². The van der Waals surface area contributed by atoms with Crippen LogP contribution in [0.25, 0.3) is 0 Å². The second-order valence-corrected chi connectivity index (χ2v) is 4.69. The van der Waals surface area contributed by atoms with Crippen molar-refractivity contribution in [2.45, 2.75) is 31.7 Å². The Kier molecular flexibility index (Phi) is 4.49. The van der Waals surface area contributed by atoms with Gasteiger partial charge in [0.1, 0.15) is 5.82 Å². The van der Waals surface area contributed by atoms with Gasteiger partial charge < -0.3 is 14.7 Å². The number of esters is 1. The molecule has 1 aliphatic rings. The molecule has 0 radical (unpaired) electrons. The number of ether oxygens (including phenoxy) is 1. The van der Waals surface area contributed by atoms with Gasteiger partial charge in [-0.3, -0.25) is 9.78 Å². The highest BCUT2D eigenvalue weighted by Gasteiger charge is 2.26. The van der Waals surface area contributed by atoms with E-state index in [1.165, 1.54) is 13.3 Å². The second kappa shape index (κ2) is 6.31. The van der Waals surface area contributed by atoms with Gasteiger partial charge >= 0.3 is 11.9 Å². The van der Waals surface area contributed by atoms with Gasteiger partial charge in [-0.05, 0) is 19.3 Å². The van der Waals surface area contributed by atoms with Crippen molar-refractivity contribution in [1.29, 1.82) is 0 Å². The molecule has 1 aromatic rings. The first-order chi connectivity index (χ1) is 9.61. The van der Waals surface area contributed by atoms with E-state index in [1.807, 2.05) is 4.90 Å². The zero-order valence-electron chi connectivity index (χ0n) is 11.3. The fourth-order valence-electron chi connectivity index (χ4n) is 2.41. The van der Waals surface area contributed by atoms with Crippen LogP contribution < -0.4 is 4.90 Å². The second-order valence-electron chi connectivity index (χ2n) is 4.69. The molecule has 1 aromatic heterocycles. The lowest BCUT2D eigenvalue weighted by atomic mass is 9.99. The van der Waals surface area contributed by atoms with Crippen LogP contribution in [0.4, 0.5) is 5.82 Å². The number of carbonyl (C=O) groups is 2. The van der Waals surface area contributed by atoms with Crippen LogP contribution in [0, 0.1) is 0 Å². The zero-order chi connectivity index (χ0) is 14.5. The molecule has 1 unspecified atom stereocenters. The SMILES string of the molecule is COC(=O)c1cncc(N2CCCCC2CC(=O)O)n1. The van der Waals surface area contributed by atoms with E-state index in [-0.39, 0.29) is 18.2 Å². The molecule has 108 valence electrons. The monoisotopic (exact) mass is 279 g/mol. The first kappa shape index (κ1) is 14.2. The number of methoxy groups -OCH3 is 1. The van der Waals surface area contributed by atoms with Crippen molar-refractivity contribution in [2.24, 2.45) is 0 Å². The average molecular weight is 279 g/mol. The Balaban J connectivity index is 2.23. The lowest BCUT2D eigenvalue weighted by molar-refractivity contribution is -0.137. The summed E-state index contributed by atoms with van der Waals surface area (Å²) in [6, 6.07) is -0.108. The van der Waals surface area contributed by atoms with E-state index < -0.39 is 11.9 Å². The third kappa shape index (κ3) is 3.23.